The predicted octanol–water partition coefficient (Wildman–Crippen LogP) is -2.21. The largest absolute Gasteiger partial charge is 0.394 e. The smallest absolute Gasteiger partial charge is 0.277 e. The van der Waals surface area contributed by atoms with Crippen LogP contribution in [0.4, 0.5) is 17.5 Å². The molecule has 11 nitrogen and oxygen atoms in total. The molecule has 0 spiro atoms. The van der Waals surface area contributed by atoms with E-state index in [1.54, 1.807) is 4.90 Å². The number of likely N-dealkylation sites (tertiary alicyclic amines) is 1. The highest BCUT2D eigenvalue weighted by molar-refractivity contribution is 5.72. The Bertz CT molecular complexity index is 723. The van der Waals surface area contributed by atoms with E-state index in [0.29, 0.717) is 0 Å². The quantitative estimate of drug-likeness (QED) is 0.345. The Labute approximate surface area is 149 Å². The average Bonchev–Trinajstić information content (AvgIpc) is 3.14. The number of aliphatic hydroxyl groups excluding tert-OH is 3. The van der Waals surface area contributed by atoms with E-state index in [-0.39, 0.29) is 17.5 Å². The molecule has 0 aliphatic carbocycles. The van der Waals surface area contributed by atoms with Crippen molar-refractivity contribution >= 4 is 17.5 Å². The average molecular weight is 368 g/mol. The van der Waals surface area contributed by atoms with Crippen LogP contribution in [0.3, 0.4) is 0 Å². The fourth-order valence-corrected chi connectivity index (χ4v) is 3.91. The van der Waals surface area contributed by atoms with Crippen molar-refractivity contribution in [1.82, 2.24) is 14.9 Å². The van der Waals surface area contributed by atoms with Crippen molar-refractivity contribution in [2.75, 3.05) is 35.6 Å². The van der Waals surface area contributed by atoms with Gasteiger partial charge in [-0.05, 0) is 12.8 Å². The second-order valence-electron chi connectivity index (χ2n) is 6.90. The van der Waals surface area contributed by atoms with Crippen LogP contribution in [0.25, 0.3) is 0 Å². The van der Waals surface area contributed by atoms with Crippen LogP contribution in [0.1, 0.15) is 19.3 Å². The normalized spacial score (nSPS) is 34.7. The molecule has 4 heterocycles. The SMILES string of the molecule is Nc1nc2c(c(=O)[nH]1)N[C@H](N1CCCCC1)N2[C@@H]1O[C@H](CO)[C@H](O)[C@@H]1O. The van der Waals surface area contributed by atoms with E-state index in [2.05, 4.69) is 20.2 Å². The first-order valence-electron chi connectivity index (χ1n) is 8.82. The van der Waals surface area contributed by atoms with Crippen molar-refractivity contribution in [2.24, 2.45) is 0 Å². The summed E-state index contributed by atoms with van der Waals surface area (Å²) in [5, 5.41) is 33.1. The molecule has 11 heteroatoms. The van der Waals surface area contributed by atoms with Gasteiger partial charge in [0.1, 0.15) is 24.0 Å². The fourth-order valence-electron chi connectivity index (χ4n) is 3.91. The molecule has 3 aliphatic rings. The summed E-state index contributed by atoms with van der Waals surface area (Å²) in [5.41, 5.74) is 5.53. The first-order valence-corrected chi connectivity index (χ1v) is 8.82. The second-order valence-corrected chi connectivity index (χ2v) is 6.90. The molecule has 26 heavy (non-hydrogen) atoms. The van der Waals surface area contributed by atoms with Crippen molar-refractivity contribution in [3.8, 4) is 0 Å². The number of nitrogens with one attached hydrogen (secondary N) is 2. The maximum Gasteiger partial charge on any atom is 0.277 e. The molecule has 2 fully saturated rings. The van der Waals surface area contributed by atoms with Crippen LogP contribution in [-0.4, -0.2) is 80.7 Å². The topological polar surface area (TPSA) is 160 Å². The Balaban J connectivity index is 1.74. The minimum Gasteiger partial charge on any atom is -0.394 e. The van der Waals surface area contributed by atoms with Gasteiger partial charge in [0.05, 0.1) is 6.61 Å². The number of fused-ring (bicyclic) bond motifs is 1. The van der Waals surface area contributed by atoms with E-state index in [4.69, 9.17) is 10.5 Å². The summed E-state index contributed by atoms with van der Waals surface area (Å²) in [4.78, 5) is 22.8. The Morgan fingerprint density at radius 1 is 1.23 bits per heavy atom. The van der Waals surface area contributed by atoms with Gasteiger partial charge in [0.2, 0.25) is 5.95 Å². The van der Waals surface area contributed by atoms with Gasteiger partial charge in [-0.25, -0.2) is 0 Å². The van der Waals surface area contributed by atoms with Gasteiger partial charge in [-0.15, -0.1) is 0 Å². The molecule has 0 unspecified atom stereocenters. The minimum absolute atomic E-state index is 0.0495. The number of H-pyrrole nitrogens is 1. The standard InChI is InChI=1S/C15H24N6O5/c16-14-18-11-8(12(25)19-14)17-15(20-4-2-1-3-5-20)21(11)13-10(24)9(23)7(6-22)26-13/h7,9-10,13,15,17,22-24H,1-6H2,(H3,16,18,19,25)/t7-,9+,10+,13-,15-/m1/s1. The third-order valence-corrected chi connectivity index (χ3v) is 5.23. The molecule has 4 rings (SSSR count). The lowest BCUT2D eigenvalue weighted by Gasteiger charge is -2.40. The highest BCUT2D eigenvalue weighted by atomic mass is 16.6. The third kappa shape index (κ3) is 2.72. The van der Waals surface area contributed by atoms with Crippen molar-refractivity contribution in [1.29, 1.82) is 0 Å². The lowest BCUT2D eigenvalue weighted by Crippen LogP contribution is -2.58. The Morgan fingerprint density at radius 3 is 2.62 bits per heavy atom. The Morgan fingerprint density at radius 2 is 1.96 bits per heavy atom. The number of anilines is 3. The summed E-state index contributed by atoms with van der Waals surface area (Å²) in [6, 6.07) is 0. The van der Waals surface area contributed by atoms with E-state index in [0.717, 1.165) is 32.4 Å². The molecule has 0 bridgehead atoms. The van der Waals surface area contributed by atoms with Gasteiger partial charge in [0, 0.05) is 13.1 Å². The highest BCUT2D eigenvalue weighted by Gasteiger charge is 2.51. The van der Waals surface area contributed by atoms with Crippen LogP contribution in [0.5, 0.6) is 0 Å². The molecule has 5 atom stereocenters. The molecular formula is C15H24N6O5. The molecule has 0 aromatic carbocycles. The van der Waals surface area contributed by atoms with Gasteiger partial charge in [-0.3, -0.25) is 19.6 Å². The summed E-state index contributed by atoms with van der Waals surface area (Å²) in [7, 11) is 0. The maximum absolute atomic E-state index is 12.3. The lowest BCUT2D eigenvalue weighted by molar-refractivity contribution is -0.0294. The molecule has 2 saturated heterocycles. The first kappa shape index (κ1) is 17.5. The molecule has 0 radical (unpaired) electrons. The number of ether oxygens (including phenoxy) is 1. The second kappa shape index (κ2) is 6.67. The zero-order valence-electron chi connectivity index (χ0n) is 14.2. The first-order chi connectivity index (χ1) is 12.5. The number of nitrogens with zero attached hydrogens (tertiary/aromatic N) is 3. The molecule has 1 aromatic rings. The van der Waals surface area contributed by atoms with E-state index in [1.807, 2.05) is 0 Å². The zero-order valence-corrected chi connectivity index (χ0v) is 14.2. The van der Waals surface area contributed by atoms with Crippen molar-refractivity contribution in [3.63, 3.8) is 0 Å². The number of nitrogens with two attached hydrogens (primary N) is 1. The van der Waals surface area contributed by atoms with Gasteiger partial charge in [-0.1, -0.05) is 6.42 Å². The fraction of sp³-hybridized carbons (Fsp3) is 0.733. The predicted molar refractivity (Wildman–Crippen MR) is 92.3 cm³/mol. The molecule has 1 aromatic heterocycles. The zero-order chi connectivity index (χ0) is 18.4. The van der Waals surface area contributed by atoms with E-state index < -0.39 is 43.0 Å². The third-order valence-electron chi connectivity index (χ3n) is 5.23. The van der Waals surface area contributed by atoms with Crippen molar-refractivity contribution < 1.29 is 20.1 Å². The minimum atomic E-state index is -1.27. The Kier molecular flexibility index (Phi) is 4.49. The summed E-state index contributed by atoms with van der Waals surface area (Å²) >= 11 is 0. The summed E-state index contributed by atoms with van der Waals surface area (Å²) in [5.74, 6) is 0.211. The van der Waals surface area contributed by atoms with Gasteiger partial charge in [0.15, 0.2) is 18.3 Å². The molecule has 0 saturated carbocycles. The number of aromatic nitrogens is 2. The number of piperidine rings is 1. The number of aromatic amines is 1. The number of hydrogen-bond acceptors (Lipinski definition) is 10. The summed E-state index contributed by atoms with van der Waals surface area (Å²) in [6.45, 7) is 1.19. The van der Waals surface area contributed by atoms with Gasteiger partial charge in [-0.2, -0.15) is 4.98 Å². The van der Waals surface area contributed by atoms with Gasteiger partial charge in [0.25, 0.3) is 5.56 Å². The molecule has 3 aliphatic heterocycles. The van der Waals surface area contributed by atoms with Crippen LogP contribution < -0.4 is 21.5 Å². The highest BCUT2D eigenvalue weighted by Crippen LogP contribution is 2.38. The van der Waals surface area contributed by atoms with Crippen LogP contribution in [0.2, 0.25) is 0 Å². The number of aliphatic hydroxyl groups is 3. The lowest BCUT2D eigenvalue weighted by atomic mass is 10.1. The van der Waals surface area contributed by atoms with Crippen LogP contribution in [-0.2, 0) is 4.74 Å². The molecular weight excluding hydrogens is 344 g/mol. The molecule has 0 amide bonds. The van der Waals surface area contributed by atoms with Crippen LogP contribution in [0.15, 0.2) is 4.79 Å². The summed E-state index contributed by atoms with van der Waals surface area (Å²) < 4.78 is 5.69. The molecule has 7 N–H and O–H groups in total. The maximum atomic E-state index is 12.3. The molecule has 144 valence electrons. The van der Waals surface area contributed by atoms with E-state index >= 15 is 0 Å². The van der Waals surface area contributed by atoms with Gasteiger partial charge < -0.3 is 31.1 Å². The van der Waals surface area contributed by atoms with Crippen molar-refractivity contribution in [2.45, 2.75) is 50.1 Å². The van der Waals surface area contributed by atoms with Gasteiger partial charge >= 0.3 is 0 Å². The van der Waals surface area contributed by atoms with E-state index in [1.165, 1.54) is 0 Å². The number of hydrogen-bond donors (Lipinski definition) is 6. The van der Waals surface area contributed by atoms with Crippen molar-refractivity contribution in [3.05, 3.63) is 10.4 Å². The number of rotatable bonds is 3. The Hall–Kier alpha value is -1.92. The summed E-state index contributed by atoms with van der Waals surface area (Å²) in [6.07, 6.45) is -1.70. The van der Waals surface area contributed by atoms with Crippen LogP contribution >= 0.6 is 0 Å². The number of nitrogen functional groups attached to an aromatic ring is 1. The van der Waals surface area contributed by atoms with E-state index in [9.17, 15) is 20.1 Å². The van der Waals surface area contributed by atoms with Crippen LogP contribution in [0, 0.1) is 0 Å². The monoisotopic (exact) mass is 368 g/mol.